The number of urea groups is 1. The van der Waals surface area contributed by atoms with Crippen molar-refractivity contribution >= 4 is 22.3 Å². The number of piperazine rings is 1. The summed E-state index contributed by atoms with van der Waals surface area (Å²) < 4.78 is 7.62. The molecule has 3 heterocycles. The zero-order chi connectivity index (χ0) is 20.5. The van der Waals surface area contributed by atoms with Crippen molar-refractivity contribution in [3.8, 4) is 17.0 Å². The molecular formula is C21H27N5O2S. The van der Waals surface area contributed by atoms with Gasteiger partial charge < -0.3 is 14.5 Å². The van der Waals surface area contributed by atoms with Gasteiger partial charge in [-0.25, -0.2) is 9.78 Å². The first-order valence-electron chi connectivity index (χ1n) is 9.76. The molecule has 154 valence electrons. The van der Waals surface area contributed by atoms with Gasteiger partial charge in [-0.3, -0.25) is 9.30 Å². The van der Waals surface area contributed by atoms with Crippen LogP contribution in [0.5, 0.6) is 5.75 Å². The highest BCUT2D eigenvalue weighted by Gasteiger charge is 2.25. The molecule has 0 aliphatic carbocycles. The summed E-state index contributed by atoms with van der Waals surface area (Å²) in [7, 11) is 5.29. The minimum Gasteiger partial charge on any atom is -0.497 e. The van der Waals surface area contributed by atoms with Gasteiger partial charge in [-0.2, -0.15) is 0 Å². The summed E-state index contributed by atoms with van der Waals surface area (Å²) in [6.07, 6.45) is 2.16. The zero-order valence-electron chi connectivity index (χ0n) is 17.4. The maximum Gasteiger partial charge on any atom is 0.319 e. The second-order valence-electron chi connectivity index (χ2n) is 7.57. The number of aromatic nitrogens is 2. The highest BCUT2D eigenvalue weighted by Crippen LogP contribution is 2.31. The number of carbonyl (C=O) groups is 1. The number of fused-ring (bicyclic) bond motifs is 1. The number of benzene rings is 1. The van der Waals surface area contributed by atoms with Gasteiger partial charge >= 0.3 is 6.03 Å². The van der Waals surface area contributed by atoms with Crippen molar-refractivity contribution in [1.82, 2.24) is 24.1 Å². The lowest BCUT2D eigenvalue weighted by atomic mass is 10.1. The molecule has 2 amide bonds. The molecule has 1 aliphatic heterocycles. The molecule has 1 fully saturated rings. The molecule has 3 aromatic rings. The molecule has 0 atom stereocenters. The number of aryl methyl sites for hydroxylation is 1. The third kappa shape index (κ3) is 3.95. The predicted molar refractivity (Wildman–Crippen MR) is 116 cm³/mol. The van der Waals surface area contributed by atoms with Crippen molar-refractivity contribution in [2.24, 2.45) is 0 Å². The van der Waals surface area contributed by atoms with Crippen LogP contribution in [0.4, 0.5) is 4.79 Å². The van der Waals surface area contributed by atoms with Crippen LogP contribution in [0.25, 0.3) is 16.2 Å². The van der Waals surface area contributed by atoms with E-state index in [9.17, 15) is 4.79 Å². The van der Waals surface area contributed by atoms with E-state index in [0.29, 0.717) is 0 Å². The molecule has 0 spiro atoms. The third-order valence-corrected chi connectivity index (χ3v) is 6.18. The molecule has 29 heavy (non-hydrogen) atoms. The molecule has 0 saturated carbocycles. The van der Waals surface area contributed by atoms with Gasteiger partial charge in [-0.1, -0.05) is 12.1 Å². The molecule has 2 aromatic heterocycles. The van der Waals surface area contributed by atoms with Crippen LogP contribution in [-0.4, -0.2) is 77.5 Å². The average molecular weight is 414 g/mol. The van der Waals surface area contributed by atoms with E-state index in [1.165, 1.54) is 10.6 Å². The summed E-state index contributed by atoms with van der Waals surface area (Å²) in [6.45, 7) is 6.11. The maximum absolute atomic E-state index is 12.2. The van der Waals surface area contributed by atoms with Crippen LogP contribution in [0, 0.1) is 6.92 Å². The van der Waals surface area contributed by atoms with E-state index in [1.54, 1.807) is 37.4 Å². The number of nitrogens with zero attached hydrogens (tertiary/aromatic N) is 5. The van der Waals surface area contributed by atoms with E-state index in [-0.39, 0.29) is 6.03 Å². The fourth-order valence-electron chi connectivity index (χ4n) is 3.75. The second-order valence-corrected chi connectivity index (χ2v) is 8.79. The van der Waals surface area contributed by atoms with Gasteiger partial charge in [0.25, 0.3) is 0 Å². The van der Waals surface area contributed by atoms with Gasteiger partial charge in [0.05, 0.1) is 18.5 Å². The number of ether oxygens (including phenoxy) is 1. The van der Waals surface area contributed by atoms with Crippen LogP contribution >= 0.6 is 11.3 Å². The SMILES string of the molecule is COc1cccc(-c2nc3sc(C)cn3c2CN2CCN(C(=O)N(C)C)CC2)c1. The molecule has 1 saturated heterocycles. The first-order valence-corrected chi connectivity index (χ1v) is 10.6. The van der Waals surface area contributed by atoms with Crippen molar-refractivity contribution in [3.63, 3.8) is 0 Å². The summed E-state index contributed by atoms with van der Waals surface area (Å²) in [5, 5.41) is 0. The average Bonchev–Trinajstić information content (AvgIpc) is 3.25. The van der Waals surface area contributed by atoms with Crippen LogP contribution in [0.15, 0.2) is 30.5 Å². The number of rotatable bonds is 4. The number of hydrogen-bond acceptors (Lipinski definition) is 5. The van der Waals surface area contributed by atoms with Gasteiger partial charge in [0.2, 0.25) is 0 Å². The standard InChI is InChI=1S/C21H27N5O2S/c1-15-13-26-18(14-24-8-10-25(11-9-24)21(27)23(2)3)19(22-20(26)29-15)16-6-5-7-17(12-16)28-4/h5-7,12-13H,8-11,14H2,1-4H3. The lowest BCUT2D eigenvalue weighted by Crippen LogP contribution is -2.51. The minimum atomic E-state index is 0.0851. The van der Waals surface area contributed by atoms with Crippen molar-refractivity contribution < 1.29 is 9.53 Å². The fourth-order valence-corrected chi connectivity index (χ4v) is 4.59. The maximum atomic E-state index is 12.2. The largest absolute Gasteiger partial charge is 0.497 e. The summed E-state index contributed by atoms with van der Waals surface area (Å²) in [5.74, 6) is 0.830. The summed E-state index contributed by atoms with van der Waals surface area (Å²) in [4.78, 5) is 25.4. The summed E-state index contributed by atoms with van der Waals surface area (Å²) in [6, 6.07) is 8.16. The van der Waals surface area contributed by atoms with Crippen molar-refractivity contribution in [3.05, 3.63) is 41.0 Å². The lowest BCUT2D eigenvalue weighted by Gasteiger charge is -2.35. The Morgan fingerprint density at radius 2 is 2.00 bits per heavy atom. The monoisotopic (exact) mass is 413 g/mol. The Kier molecular flexibility index (Phi) is 5.47. The van der Waals surface area contributed by atoms with Gasteiger partial charge in [0.1, 0.15) is 5.75 Å². The van der Waals surface area contributed by atoms with Crippen molar-refractivity contribution in [1.29, 1.82) is 0 Å². The van der Waals surface area contributed by atoms with Crippen molar-refractivity contribution in [2.45, 2.75) is 13.5 Å². The molecule has 1 aromatic carbocycles. The Morgan fingerprint density at radius 1 is 1.24 bits per heavy atom. The molecular weight excluding hydrogens is 386 g/mol. The molecule has 4 rings (SSSR count). The van der Waals surface area contributed by atoms with Gasteiger partial charge in [-0.15, -0.1) is 11.3 Å². The highest BCUT2D eigenvalue weighted by molar-refractivity contribution is 7.17. The van der Waals surface area contributed by atoms with Crippen LogP contribution < -0.4 is 4.74 Å². The van der Waals surface area contributed by atoms with Gasteiger partial charge in [0.15, 0.2) is 4.96 Å². The first-order chi connectivity index (χ1) is 14.0. The van der Waals surface area contributed by atoms with Gasteiger partial charge in [0, 0.05) is 63.5 Å². The Bertz CT molecular complexity index is 1020. The van der Waals surface area contributed by atoms with Crippen LogP contribution in [0.3, 0.4) is 0 Å². The highest BCUT2D eigenvalue weighted by atomic mass is 32.1. The van der Waals surface area contributed by atoms with Crippen LogP contribution in [-0.2, 0) is 6.54 Å². The number of amides is 2. The van der Waals surface area contributed by atoms with Gasteiger partial charge in [-0.05, 0) is 19.1 Å². The molecule has 1 aliphatic rings. The smallest absolute Gasteiger partial charge is 0.319 e. The summed E-state index contributed by atoms with van der Waals surface area (Å²) in [5.41, 5.74) is 3.25. The second kappa shape index (κ2) is 8.04. The Hall–Kier alpha value is -2.58. The number of methoxy groups -OCH3 is 1. The molecule has 0 bridgehead atoms. The van der Waals surface area contributed by atoms with E-state index >= 15 is 0 Å². The predicted octanol–water partition coefficient (Wildman–Crippen LogP) is 3.18. The Balaban J connectivity index is 1.60. The lowest BCUT2D eigenvalue weighted by molar-refractivity contribution is 0.119. The topological polar surface area (TPSA) is 53.3 Å². The van der Waals surface area contributed by atoms with E-state index in [2.05, 4.69) is 28.5 Å². The Morgan fingerprint density at radius 3 is 2.69 bits per heavy atom. The molecule has 0 radical (unpaired) electrons. The zero-order valence-corrected chi connectivity index (χ0v) is 18.2. The quantitative estimate of drug-likeness (QED) is 0.659. The normalized spacial score (nSPS) is 15.1. The minimum absolute atomic E-state index is 0.0851. The molecule has 0 N–H and O–H groups in total. The van der Waals surface area contributed by atoms with Crippen molar-refractivity contribution in [2.75, 3.05) is 47.4 Å². The van der Waals surface area contributed by atoms with Crippen LogP contribution in [0.2, 0.25) is 0 Å². The third-order valence-electron chi connectivity index (χ3n) is 5.28. The molecule has 8 heteroatoms. The van der Waals surface area contributed by atoms with E-state index in [4.69, 9.17) is 9.72 Å². The number of carbonyl (C=O) groups excluding carboxylic acids is 1. The van der Waals surface area contributed by atoms with E-state index < -0.39 is 0 Å². The number of imidazole rings is 1. The molecule has 7 nitrogen and oxygen atoms in total. The number of hydrogen-bond donors (Lipinski definition) is 0. The Labute approximate surface area is 175 Å². The van der Waals surface area contributed by atoms with Crippen LogP contribution in [0.1, 0.15) is 10.6 Å². The first kappa shape index (κ1) is 19.7. The number of thiazole rings is 1. The summed E-state index contributed by atoms with van der Waals surface area (Å²) >= 11 is 1.70. The van der Waals surface area contributed by atoms with E-state index in [1.807, 2.05) is 23.1 Å². The van der Waals surface area contributed by atoms with E-state index in [0.717, 1.165) is 54.7 Å². The fraction of sp³-hybridized carbons (Fsp3) is 0.429. The molecule has 0 unspecified atom stereocenters.